The Morgan fingerprint density at radius 2 is 1.96 bits per heavy atom. The molecule has 0 N–H and O–H groups in total. The van der Waals surface area contributed by atoms with Gasteiger partial charge in [0.15, 0.2) is 0 Å². The fraction of sp³-hybridized carbons (Fsp3) is 0.476. The highest BCUT2D eigenvalue weighted by Crippen LogP contribution is 2.25. The first-order valence-corrected chi connectivity index (χ1v) is 9.81. The minimum Gasteiger partial charge on any atom is -0.371 e. The quantitative estimate of drug-likeness (QED) is 0.825. The molecule has 2 saturated heterocycles. The number of anilines is 1. The summed E-state index contributed by atoms with van der Waals surface area (Å²) in [4.78, 5) is 35.0. The molecule has 27 heavy (non-hydrogen) atoms. The number of pyridine rings is 1. The zero-order valence-corrected chi connectivity index (χ0v) is 15.8. The van der Waals surface area contributed by atoms with Crippen LogP contribution in [-0.2, 0) is 4.79 Å². The smallest absolute Gasteiger partial charge is 0.255 e. The van der Waals surface area contributed by atoms with E-state index >= 15 is 0 Å². The van der Waals surface area contributed by atoms with Crippen molar-refractivity contribution in [1.82, 2.24) is 14.8 Å². The van der Waals surface area contributed by atoms with Crippen molar-refractivity contribution >= 4 is 17.6 Å². The number of amides is 2. The van der Waals surface area contributed by atoms with Crippen molar-refractivity contribution in [3.63, 3.8) is 0 Å². The molecule has 2 aliphatic heterocycles. The molecule has 3 aliphatic rings. The zero-order valence-electron chi connectivity index (χ0n) is 15.8. The number of allylic oxidation sites excluding steroid dienone is 4. The van der Waals surface area contributed by atoms with E-state index in [1.54, 1.807) is 23.2 Å². The Kier molecular flexibility index (Phi) is 4.97. The second-order valence-electron chi connectivity index (χ2n) is 7.49. The molecule has 142 valence electrons. The lowest BCUT2D eigenvalue weighted by Gasteiger charge is -2.39. The van der Waals surface area contributed by atoms with Crippen LogP contribution in [0.5, 0.6) is 0 Å². The van der Waals surface area contributed by atoms with Crippen LogP contribution in [0.25, 0.3) is 0 Å². The van der Waals surface area contributed by atoms with Gasteiger partial charge in [-0.2, -0.15) is 0 Å². The van der Waals surface area contributed by atoms with Gasteiger partial charge >= 0.3 is 0 Å². The van der Waals surface area contributed by atoms with E-state index in [-0.39, 0.29) is 11.8 Å². The van der Waals surface area contributed by atoms with Crippen molar-refractivity contribution in [1.29, 1.82) is 0 Å². The number of aromatic nitrogens is 1. The van der Waals surface area contributed by atoms with Crippen LogP contribution in [0, 0.1) is 5.92 Å². The van der Waals surface area contributed by atoms with Crippen molar-refractivity contribution in [2.75, 3.05) is 37.6 Å². The number of carbonyl (C=O) groups excluding carboxylic acids is 2. The molecule has 4 rings (SSSR count). The Labute approximate surface area is 160 Å². The molecule has 1 aromatic heterocycles. The van der Waals surface area contributed by atoms with Crippen LogP contribution in [0.3, 0.4) is 0 Å². The lowest BCUT2D eigenvalue weighted by molar-refractivity contribution is -0.117. The van der Waals surface area contributed by atoms with E-state index in [4.69, 9.17) is 0 Å². The van der Waals surface area contributed by atoms with Crippen molar-refractivity contribution in [2.45, 2.75) is 26.2 Å². The minimum absolute atomic E-state index is 0.0204. The Balaban J connectivity index is 1.37. The van der Waals surface area contributed by atoms with Gasteiger partial charge < -0.3 is 9.80 Å². The predicted octanol–water partition coefficient (Wildman–Crippen LogP) is 2.45. The van der Waals surface area contributed by atoms with Crippen molar-refractivity contribution in [3.8, 4) is 0 Å². The maximum atomic E-state index is 12.8. The number of hydrogen-bond donors (Lipinski definition) is 0. The Morgan fingerprint density at radius 3 is 2.59 bits per heavy atom. The summed E-state index contributed by atoms with van der Waals surface area (Å²) in [6.07, 6.45) is 10.7. The van der Waals surface area contributed by atoms with Crippen molar-refractivity contribution < 1.29 is 9.59 Å². The van der Waals surface area contributed by atoms with Gasteiger partial charge in [0.1, 0.15) is 5.82 Å². The first-order chi connectivity index (χ1) is 13.1. The molecule has 1 unspecified atom stereocenters. The highest BCUT2D eigenvalue weighted by atomic mass is 16.2. The van der Waals surface area contributed by atoms with Gasteiger partial charge in [-0.1, -0.05) is 19.1 Å². The van der Waals surface area contributed by atoms with E-state index in [1.165, 1.54) is 5.70 Å². The van der Waals surface area contributed by atoms with Crippen LogP contribution in [0.4, 0.5) is 5.82 Å². The van der Waals surface area contributed by atoms with Crippen LogP contribution in [0.15, 0.2) is 42.3 Å². The Morgan fingerprint density at radius 1 is 1.15 bits per heavy atom. The van der Waals surface area contributed by atoms with E-state index in [9.17, 15) is 9.59 Å². The van der Waals surface area contributed by atoms with Crippen molar-refractivity contribution in [2.24, 2.45) is 5.92 Å². The summed E-state index contributed by atoms with van der Waals surface area (Å²) in [6, 6.07) is 3.58. The van der Waals surface area contributed by atoms with E-state index in [2.05, 4.69) is 35.0 Å². The van der Waals surface area contributed by atoms with Crippen LogP contribution >= 0.6 is 0 Å². The summed E-state index contributed by atoms with van der Waals surface area (Å²) in [7, 11) is 0. The van der Waals surface area contributed by atoms with Gasteiger partial charge in [0.05, 0.1) is 5.56 Å². The summed E-state index contributed by atoms with van der Waals surface area (Å²) in [5.41, 5.74) is 1.97. The lowest BCUT2D eigenvalue weighted by Crippen LogP contribution is -2.49. The molecule has 0 spiro atoms. The third-order valence-electron chi connectivity index (χ3n) is 5.67. The van der Waals surface area contributed by atoms with Gasteiger partial charge in [-0.3, -0.25) is 14.5 Å². The topological polar surface area (TPSA) is 56.8 Å². The predicted molar refractivity (Wildman–Crippen MR) is 104 cm³/mol. The third kappa shape index (κ3) is 3.61. The maximum Gasteiger partial charge on any atom is 0.255 e. The molecule has 0 radical (unpaired) electrons. The van der Waals surface area contributed by atoms with E-state index in [0.29, 0.717) is 30.3 Å². The summed E-state index contributed by atoms with van der Waals surface area (Å²) in [6.45, 7) is 6.14. The van der Waals surface area contributed by atoms with Gasteiger partial charge in [-0.05, 0) is 37.0 Å². The number of hydrogen-bond acceptors (Lipinski definition) is 4. The van der Waals surface area contributed by atoms with E-state index in [0.717, 1.165) is 39.0 Å². The number of nitrogens with zero attached hydrogens (tertiary/aromatic N) is 4. The first kappa shape index (κ1) is 17.8. The Hall–Kier alpha value is -2.63. The van der Waals surface area contributed by atoms with Gasteiger partial charge in [-0.25, -0.2) is 4.98 Å². The maximum absolute atomic E-state index is 12.8. The average molecular weight is 366 g/mol. The van der Waals surface area contributed by atoms with E-state index < -0.39 is 0 Å². The minimum atomic E-state index is 0.0204. The molecule has 2 fully saturated rings. The number of piperazine rings is 1. The van der Waals surface area contributed by atoms with Crippen LogP contribution in [-0.4, -0.2) is 59.3 Å². The van der Waals surface area contributed by atoms with E-state index in [1.807, 2.05) is 4.90 Å². The molecule has 0 aromatic carbocycles. The molecule has 0 saturated carbocycles. The van der Waals surface area contributed by atoms with Gasteiger partial charge in [0.25, 0.3) is 5.91 Å². The SMILES string of the molecule is CC1CC=CC=C1N1CCN(C(=O)c2ccc(N3CCCC3=O)nc2)CC1. The molecule has 1 aliphatic carbocycles. The van der Waals surface area contributed by atoms with Gasteiger partial charge in [0.2, 0.25) is 5.91 Å². The summed E-state index contributed by atoms with van der Waals surface area (Å²) in [5.74, 6) is 1.32. The fourth-order valence-corrected chi connectivity index (χ4v) is 4.06. The Bertz CT molecular complexity index is 776. The molecule has 2 amide bonds. The molecule has 3 heterocycles. The van der Waals surface area contributed by atoms with Gasteiger partial charge in [0, 0.05) is 51.0 Å². The second kappa shape index (κ2) is 7.55. The molecular weight excluding hydrogens is 340 g/mol. The largest absolute Gasteiger partial charge is 0.371 e. The first-order valence-electron chi connectivity index (χ1n) is 9.81. The molecule has 6 nitrogen and oxygen atoms in total. The lowest BCUT2D eigenvalue weighted by atomic mass is 9.97. The van der Waals surface area contributed by atoms with Gasteiger partial charge in [-0.15, -0.1) is 0 Å². The summed E-state index contributed by atoms with van der Waals surface area (Å²) >= 11 is 0. The zero-order chi connectivity index (χ0) is 18.8. The average Bonchev–Trinajstić information content (AvgIpc) is 3.14. The van der Waals surface area contributed by atoms with Crippen LogP contribution in [0.1, 0.15) is 36.5 Å². The highest BCUT2D eigenvalue weighted by Gasteiger charge is 2.26. The highest BCUT2D eigenvalue weighted by molar-refractivity contribution is 5.96. The summed E-state index contributed by atoms with van der Waals surface area (Å²) in [5, 5.41) is 0. The third-order valence-corrected chi connectivity index (χ3v) is 5.67. The van der Waals surface area contributed by atoms with Crippen LogP contribution in [0.2, 0.25) is 0 Å². The standard InChI is InChI=1S/C21H26N4O2/c1-16-5-2-3-6-18(16)23-11-13-24(14-12-23)21(27)17-8-9-19(22-15-17)25-10-4-7-20(25)26/h2-3,6,8-9,15-16H,4-5,7,10-14H2,1H3. The molecule has 6 heteroatoms. The number of rotatable bonds is 3. The van der Waals surface area contributed by atoms with Crippen LogP contribution < -0.4 is 4.90 Å². The fourth-order valence-electron chi connectivity index (χ4n) is 4.06. The molecular formula is C21H26N4O2. The number of carbonyl (C=O) groups is 2. The molecule has 1 atom stereocenters. The normalized spacial score (nSPS) is 23.0. The van der Waals surface area contributed by atoms with Crippen molar-refractivity contribution in [3.05, 3.63) is 47.8 Å². The molecule has 1 aromatic rings. The second-order valence-corrected chi connectivity index (χ2v) is 7.49. The monoisotopic (exact) mass is 366 g/mol. The summed E-state index contributed by atoms with van der Waals surface area (Å²) < 4.78 is 0. The molecule has 0 bridgehead atoms.